The van der Waals surface area contributed by atoms with Crippen LogP contribution in [0.15, 0.2) is 36.4 Å². The van der Waals surface area contributed by atoms with Crippen LogP contribution in [0.3, 0.4) is 0 Å². The normalized spacial score (nSPS) is 10.7. The van der Waals surface area contributed by atoms with E-state index in [4.69, 9.17) is 16.3 Å². The SMILES string of the molecule is CCCNCc1ccc(Oc2ccc(Cl)cc2C)c(F)c1. The third-order valence-electron chi connectivity index (χ3n) is 3.11. The number of nitrogens with one attached hydrogen (secondary N) is 1. The predicted molar refractivity (Wildman–Crippen MR) is 84.7 cm³/mol. The average Bonchev–Trinajstić information content (AvgIpc) is 2.44. The number of hydrogen-bond donors (Lipinski definition) is 1. The van der Waals surface area contributed by atoms with E-state index in [2.05, 4.69) is 12.2 Å². The number of aryl methyl sites for hydroxylation is 1. The van der Waals surface area contributed by atoms with Crippen molar-refractivity contribution in [2.24, 2.45) is 0 Å². The van der Waals surface area contributed by atoms with E-state index in [0.29, 0.717) is 17.3 Å². The minimum Gasteiger partial charge on any atom is -0.454 e. The molecule has 0 fully saturated rings. The van der Waals surface area contributed by atoms with Gasteiger partial charge in [-0.2, -0.15) is 0 Å². The molecule has 0 aliphatic rings. The first-order valence-corrected chi connectivity index (χ1v) is 7.41. The number of halogens is 2. The molecule has 2 aromatic rings. The van der Waals surface area contributed by atoms with Crippen molar-refractivity contribution in [3.05, 3.63) is 58.4 Å². The standard InChI is InChI=1S/C17H19ClFNO/c1-3-8-20-11-13-4-6-17(15(19)10-13)21-16-7-5-14(18)9-12(16)2/h4-7,9-10,20H,3,8,11H2,1-2H3. The maximum absolute atomic E-state index is 14.1. The Balaban J connectivity index is 2.10. The lowest BCUT2D eigenvalue weighted by Gasteiger charge is -2.11. The molecule has 0 saturated heterocycles. The Hall–Kier alpha value is -1.58. The molecule has 21 heavy (non-hydrogen) atoms. The number of benzene rings is 2. The summed E-state index contributed by atoms with van der Waals surface area (Å²) >= 11 is 5.90. The smallest absolute Gasteiger partial charge is 0.166 e. The zero-order valence-electron chi connectivity index (χ0n) is 12.2. The molecule has 112 valence electrons. The molecular formula is C17H19ClFNO. The Morgan fingerprint density at radius 3 is 2.57 bits per heavy atom. The van der Waals surface area contributed by atoms with E-state index in [-0.39, 0.29) is 11.6 Å². The summed E-state index contributed by atoms with van der Waals surface area (Å²) < 4.78 is 19.7. The molecule has 0 radical (unpaired) electrons. The number of rotatable bonds is 6. The van der Waals surface area contributed by atoms with Crippen LogP contribution >= 0.6 is 11.6 Å². The first-order chi connectivity index (χ1) is 10.1. The highest BCUT2D eigenvalue weighted by molar-refractivity contribution is 6.30. The van der Waals surface area contributed by atoms with Gasteiger partial charge in [0.2, 0.25) is 0 Å². The van der Waals surface area contributed by atoms with Crippen LogP contribution in [0.5, 0.6) is 11.5 Å². The minimum absolute atomic E-state index is 0.222. The van der Waals surface area contributed by atoms with Crippen molar-refractivity contribution >= 4 is 11.6 Å². The van der Waals surface area contributed by atoms with E-state index in [9.17, 15) is 4.39 Å². The van der Waals surface area contributed by atoms with Crippen molar-refractivity contribution in [2.45, 2.75) is 26.8 Å². The zero-order valence-corrected chi connectivity index (χ0v) is 13.0. The molecule has 2 rings (SSSR count). The molecule has 1 N–H and O–H groups in total. The third kappa shape index (κ3) is 4.45. The third-order valence-corrected chi connectivity index (χ3v) is 3.34. The van der Waals surface area contributed by atoms with Crippen LogP contribution < -0.4 is 10.1 Å². The van der Waals surface area contributed by atoms with Crippen LogP contribution in [-0.2, 0) is 6.54 Å². The van der Waals surface area contributed by atoms with Crippen LogP contribution in [0.2, 0.25) is 5.02 Å². The quantitative estimate of drug-likeness (QED) is 0.751. The van der Waals surface area contributed by atoms with E-state index in [1.165, 1.54) is 6.07 Å². The molecule has 0 aromatic heterocycles. The lowest BCUT2D eigenvalue weighted by atomic mass is 10.2. The molecule has 0 amide bonds. The van der Waals surface area contributed by atoms with Crippen LogP contribution in [0, 0.1) is 12.7 Å². The summed E-state index contributed by atoms with van der Waals surface area (Å²) in [5.41, 5.74) is 1.77. The highest BCUT2D eigenvalue weighted by atomic mass is 35.5. The molecule has 0 atom stereocenters. The zero-order chi connectivity index (χ0) is 15.2. The molecule has 4 heteroatoms. The molecule has 2 nitrogen and oxygen atoms in total. The van der Waals surface area contributed by atoms with Crippen molar-refractivity contribution in [3.8, 4) is 11.5 Å². The van der Waals surface area contributed by atoms with Gasteiger partial charge in [0, 0.05) is 11.6 Å². The predicted octanol–water partition coefficient (Wildman–Crippen LogP) is 5.08. The largest absolute Gasteiger partial charge is 0.454 e. The molecule has 0 unspecified atom stereocenters. The second-order valence-corrected chi connectivity index (χ2v) is 5.39. The second-order valence-electron chi connectivity index (χ2n) is 4.95. The van der Waals surface area contributed by atoms with E-state index < -0.39 is 0 Å². The summed E-state index contributed by atoms with van der Waals surface area (Å²) in [5.74, 6) is 0.468. The van der Waals surface area contributed by atoms with Gasteiger partial charge in [-0.15, -0.1) is 0 Å². The first kappa shape index (κ1) is 15.8. The van der Waals surface area contributed by atoms with Crippen LogP contribution in [0.25, 0.3) is 0 Å². The highest BCUT2D eigenvalue weighted by Gasteiger charge is 2.08. The maximum Gasteiger partial charge on any atom is 0.166 e. The van der Waals surface area contributed by atoms with Gasteiger partial charge in [0.15, 0.2) is 11.6 Å². The molecule has 0 saturated carbocycles. The van der Waals surface area contributed by atoms with Crippen molar-refractivity contribution in [1.82, 2.24) is 5.32 Å². The van der Waals surface area contributed by atoms with Gasteiger partial charge in [-0.05, 0) is 61.3 Å². The Kier molecular flexibility index (Phi) is 5.59. The lowest BCUT2D eigenvalue weighted by molar-refractivity contribution is 0.438. The number of hydrogen-bond acceptors (Lipinski definition) is 2. The van der Waals surface area contributed by atoms with Gasteiger partial charge >= 0.3 is 0 Å². The Bertz CT molecular complexity index is 616. The van der Waals surface area contributed by atoms with Gasteiger partial charge in [-0.1, -0.05) is 24.6 Å². The van der Waals surface area contributed by atoms with Gasteiger partial charge in [0.05, 0.1) is 0 Å². The topological polar surface area (TPSA) is 21.3 Å². The molecule has 0 aliphatic heterocycles. The van der Waals surface area contributed by atoms with Gasteiger partial charge in [0.1, 0.15) is 5.75 Å². The van der Waals surface area contributed by atoms with Gasteiger partial charge in [-0.3, -0.25) is 0 Å². The van der Waals surface area contributed by atoms with E-state index in [1.807, 2.05) is 13.0 Å². The van der Waals surface area contributed by atoms with Crippen molar-refractivity contribution in [3.63, 3.8) is 0 Å². The van der Waals surface area contributed by atoms with Gasteiger partial charge < -0.3 is 10.1 Å². The summed E-state index contributed by atoms with van der Waals surface area (Å²) in [7, 11) is 0. The lowest BCUT2D eigenvalue weighted by Crippen LogP contribution is -2.13. The molecule has 0 bridgehead atoms. The van der Waals surface area contributed by atoms with Crippen LogP contribution in [-0.4, -0.2) is 6.54 Å². The Morgan fingerprint density at radius 2 is 1.90 bits per heavy atom. The monoisotopic (exact) mass is 307 g/mol. The molecule has 0 spiro atoms. The second kappa shape index (κ2) is 7.43. The van der Waals surface area contributed by atoms with Gasteiger partial charge in [0.25, 0.3) is 0 Å². The summed E-state index contributed by atoms with van der Waals surface area (Å²) in [5, 5.41) is 3.88. The molecule has 0 heterocycles. The van der Waals surface area contributed by atoms with Crippen molar-refractivity contribution in [2.75, 3.05) is 6.54 Å². The van der Waals surface area contributed by atoms with Crippen LogP contribution in [0.1, 0.15) is 24.5 Å². The van der Waals surface area contributed by atoms with Crippen molar-refractivity contribution in [1.29, 1.82) is 0 Å². The fourth-order valence-corrected chi connectivity index (χ4v) is 2.22. The summed E-state index contributed by atoms with van der Waals surface area (Å²) in [4.78, 5) is 0. The fraction of sp³-hybridized carbons (Fsp3) is 0.294. The van der Waals surface area contributed by atoms with E-state index in [0.717, 1.165) is 24.1 Å². The molecular weight excluding hydrogens is 289 g/mol. The van der Waals surface area contributed by atoms with Crippen LogP contribution in [0.4, 0.5) is 4.39 Å². The Labute approximate surface area is 129 Å². The minimum atomic E-state index is -0.361. The van der Waals surface area contributed by atoms with E-state index in [1.54, 1.807) is 24.3 Å². The summed E-state index contributed by atoms with van der Waals surface area (Å²) in [6, 6.07) is 10.3. The summed E-state index contributed by atoms with van der Waals surface area (Å²) in [6.07, 6.45) is 1.06. The Morgan fingerprint density at radius 1 is 1.14 bits per heavy atom. The number of ether oxygens (including phenoxy) is 1. The first-order valence-electron chi connectivity index (χ1n) is 7.03. The average molecular weight is 308 g/mol. The van der Waals surface area contributed by atoms with E-state index >= 15 is 0 Å². The fourth-order valence-electron chi connectivity index (χ4n) is 1.99. The molecule has 0 aliphatic carbocycles. The maximum atomic E-state index is 14.1. The van der Waals surface area contributed by atoms with Crippen molar-refractivity contribution < 1.29 is 9.13 Å². The summed E-state index contributed by atoms with van der Waals surface area (Å²) in [6.45, 7) is 5.55. The molecule has 2 aromatic carbocycles. The highest BCUT2D eigenvalue weighted by Crippen LogP contribution is 2.29. The van der Waals surface area contributed by atoms with Gasteiger partial charge in [-0.25, -0.2) is 4.39 Å².